The molecule has 2 fully saturated rings. The zero-order valence-electron chi connectivity index (χ0n) is 9.56. The predicted octanol–water partition coefficient (Wildman–Crippen LogP) is 1.48. The van der Waals surface area contributed by atoms with Crippen molar-refractivity contribution in [1.82, 2.24) is 9.36 Å². The number of hydrogen-bond donors (Lipinski definition) is 2. The lowest BCUT2D eigenvalue weighted by atomic mass is 10.0. The lowest BCUT2D eigenvalue weighted by molar-refractivity contribution is -0.121. The van der Waals surface area contributed by atoms with Crippen molar-refractivity contribution in [1.29, 1.82) is 0 Å². The first-order valence-corrected chi connectivity index (χ1v) is 6.91. The van der Waals surface area contributed by atoms with E-state index in [4.69, 9.17) is 5.73 Å². The number of nitrogens with two attached hydrogens (primary N) is 1. The Morgan fingerprint density at radius 2 is 2.18 bits per heavy atom. The van der Waals surface area contributed by atoms with Gasteiger partial charge in [-0.15, -0.1) is 0 Å². The van der Waals surface area contributed by atoms with Gasteiger partial charge in [-0.25, -0.2) is 4.98 Å². The van der Waals surface area contributed by atoms with Gasteiger partial charge in [-0.05, 0) is 25.7 Å². The van der Waals surface area contributed by atoms with Gasteiger partial charge in [0.15, 0.2) is 0 Å². The number of anilines is 1. The SMILES string of the molecule is NC(=O)C1CCCC1Nc1nc(C2CC2)ns1. The Morgan fingerprint density at radius 1 is 1.35 bits per heavy atom. The first-order chi connectivity index (χ1) is 8.24. The predicted molar refractivity (Wildman–Crippen MR) is 65.8 cm³/mol. The third-order valence-electron chi connectivity index (χ3n) is 3.57. The van der Waals surface area contributed by atoms with Crippen LogP contribution in [0.15, 0.2) is 0 Å². The van der Waals surface area contributed by atoms with Gasteiger partial charge in [-0.3, -0.25) is 4.79 Å². The maximum absolute atomic E-state index is 11.3. The molecule has 1 amide bonds. The van der Waals surface area contributed by atoms with Crippen molar-refractivity contribution in [2.24, 2.45) is 11.7 Å². The molecule has 2 atom stereocenters. The molecule has 0 bridgehead atoms. The van der Waals surface area contributed by atoms with Crippen LogP contribution in [0.3, 0.4) is 0 Å². The van der Waals surface area contributed by atoms with E-state index < -0.39 is 0 Å². The Kier molecular flexibility index (Phi) is 2.74. The number of hydrogen-bond acceptors (Lipinski definition) is 5. The Bertz CT molecular complexity index is 429. The van der Waals surface area contributed by atoms with Crippen LogP contribution in [0.4, 0.5) is 5.13 Å². The second kappa shape index (κ2) is 4.25. The summed E-state index contributed by atoms with van der Waals surface area (Å²) in [6, 6.07) is 0.146. The highest BCUT2D eigenvalue weighted by atomic mass is 32.1. The largest absolute Gasteiger partial charge is 0.369 e. The molecule has 92 valence electrons. The fourth-order valence-electron chi connectivity index (χ4n) is 2.43. The van der Waals surface area contributed by atoms with Gasteiger partial charge in [0.25, 0.3) is 0 Å². The van der Waals surface area contributed by atoms with E-state index in [0.717, 1.165) is 30.2 Å². The van der Waals surface area contributed by atoms with E-state index in [2.05, 4.69) is 14.7 Å². The molecular weight excluding hydrogens is 236 g/mol. The third kappa shape index (κ3) is 2.26. The number of nitrogens with one attached hydrogen (secondary N) is 1. The zero-order valence-corrected chi connectivity index (χ0v) is 10.4. The highest BCUT2D eigenvalue weighted by molar-refractivity contribution is 7.09. The first-order valence-electron chi connectivity index (χ1n) is 6.13. The average molecular weight is 252 g/mol. The molecule has 3 rings (SSSR count). The van der Waals surface area contributed by atoms with E-state index in [0.29, 0.717) is 5.92 Å². The molecule has 1 heterocycles. The van der Waals surface area contributed by atoms with Crippen molar-refractivity contribution >= 4 is 22.6 Å². The van der Waals surface area contributed by atoms with Crippen molar-refractivity contribution in [2.75, 3.05) is 5.32 Å². The summed E-state index contributed by atoms with van der Waals surface area (Å²) in [7, 11) is 0. The molecular formula is C11H16N4OS. The Labute approximate surface area is 104 Å². The number of rotatable bonds is 4. The molecule has 0 spiro atoms. The summed E-state index contributed by atoms with van der Waals surface area (Å²) in [6.07, 6.45) is 5.36. The minimum atomic E-state index is -0.202. The van der Waals surface area contributed by atoms with Crippen molar-refractivity contribution in [3.8, 4) is 0 Å². The van der Waals surface area contributed by atoms with Crippen LogP contribution in [0.1, 0.15) is 43.8 Å². The monoisotopic (exact) mass is 252 g/mol. The normalized spacial score (nSPS) is 28.2. The summed E-state index contributed by atoms with van der Waals surface area (Å²) < 4.78 is 4.34. The number of amides is 1. The van der Waals surface area contributed by atoms with Crippen LogP contribution in [0.5, 0.6) is 0 Å². The maximum Gasteiger partial charge on any atom is 0.222 e. The minimum Gasteiger partial charge on any atom is -0.369 e. The second-order valence-corrected chi connectivity index (χ2v) is 5.67. The molecule has 2 aliphatic carbocycles. The van der Waals surface area contributed by atoms with Gasteiger partial charge < -0.3 is 11.1 Å². The maximum atomic E-state index is 11.3. The summed E-state index contributed by atoms with van der Waals surface area (Å²) in [5, 5.41) is 4.16. The smallest absolute Gasteiger partial charge is 0.222 e. The molecule has 0 saturated heterocycles. The second-order valence-electron chi connectivity index (χ2n) is 4.92. The van der Waals surface area contributed by atoms with Gasteiger partial charge in [0.1, 0.15) is 5.82 Å². The topological polar surface area (TPSA) is 80.9 Å². The molecule has 0 radical (unpaired) electrons. The molecule has 5 nitrogen and oxygen atoms in total. The van der Waals surface area contributed by atoms with Crippen molar-refractivity contribution in [2.45, 2.75) is 44.1 Å². The van der Waals surface area contributed by atoms with Gasteiger partial charge >= 0.3 is 0 Å². The van der Waals surface area contributed by atoms with E-state index in [9.17, 15) is 4.79 Å². The van der Waals surface area contributed by atoms with E-state index in [1.165, 1.54) is 24.4 Å². The highest BCUT2D eigenvalue weighted by Crippen LogP contribution is 2.39. The van der Waals surface area contributed by atoms with Crippen molar-refractivity contribution in [3.05, 3.63) is 5.82 Å². The lowest BCUT2D eigenvalue weighted by Crippen LogP contribution is -2.34. The van der Waals surface area contributed by atoms with Crippen LogP contribution in [-0.4, -0.2) is 21.3 Å². The number of primary amides is 1. The zero-order chi connectivity index (χ0) is 11.8. The first kappa shape index (κ1) is 11.0. The molecule has 17 heavy (non-hydrogen) atoms. The summed E-state index contributed by atoms with van der Waals surface area (Å²) in [6.45, 7) is 0. The van der Waals surface area contributed by atoms with Crippen molar-refractivity contribution < 1.29 is 4.79 Å². The van der Waals surface area contributed by atoms with E-state index in [1.807, 2.05) is 0 Å². The molecule has 2 unspecified atom stereocenters. The number of aromatic nitrogens is 2. The van der Waals surface area contributed by atoms with E-state index in [1.54, 1.807) is 0 Å². The minimum absolute atomic E-state index is 0.0525. The fraction of sp³-hybridized carbons (Fsp3) is 0.727. The Hall–Kier alpha value is -1.17. The van der Waals surface area contributed by atoms with Crippen LogP contribution >= 0.6 is 11.5 Å². The van der Waals surface area contributed by atoms with Gasteiger partial charge in [-0.2, -0.15) is 4.37 Å². The Balaban J connectivity index is 1.66. The highest BCUT2D eigenvalue weighted by Gasteiger charge is 2.33. The molecule has 1 aromatic heterocycles. The van der Waals surface area contributed by atoms with Gasteiger partial charge in [0.05, 0.1) is 5.92 Å². The van der Waals surface area contributed by atoms with Crippen LogP contribution in [0.2, 0.25) is 0 Å². The summed E-state index contributed by atoms with van der Waals surface area (Å²) in [4.78, 5) is 15.7. The van der Waals surface area contributed by atoms with Gasteiger partial charge in [-0.1, -0.05) is 6.42 Å². The Morgan fingerprint density at radius 3 is 2.88 bits per heavy atom. The molecule has 2 aliphatic rings. The summed E-state index contributed by atoms with van der Waals surface area (Å²) in [5.41, 5.74) is 5.39. The van der Waals surface area contributed by atoms with Crippen LogP contribution in [0, 0.1) is 5.92 Å². The van der Waals surface area contributed by atoms with Crippen LogP contribution in [-0.2, 0) is 4.79 Å². The fourth-order valence-corrected chi connectivity index (χ4v) is 3.14. The molecule has 2 saturated carbocycles. The quantitative estimate of drug-likeness (QED) is 0.850. The average Bonchev–Trinajstić information content (AvgIpc) is 2.87. The summed E-state index contributed by atoms with van der Waals surface area (Å²) >= 11 is 1.39. The van der Waals surface area contributed by atoms with Crippen LogP contribution in [0.25, 0.3) is 0 Å². The van der Waals surface area contributed by atoms with Crippen molar-refractivity contribution in [3.63, 3.8) is 0 Å². The van der Waals surface area contributed by atoms with E-state index >= 15 is 0 Å². The standard InChI is InChI=1S/C11H16N4OS/c12-9(16)7-2-1-3-8(7)13-11-14-10(15-17-11)6-4-5-6/h6-8H,1-5H2,(H2,12,16)(H,13,14,15). The van der Waals surface area contributed by atoms with Gasteiger partial charge in [0, 0.05) is 23.5 Å². The molecule has 0 aromatic carbocycles. The van der Waals surface area contributed by atoms with Crippen LogP contribution < -0.4 is 11.1 Å². The summed E-state index contributed by atoms with van der Waals surface area (Å²) in [5.74, 6) is 1.29. The van der Waals surface area contributed by atoms with Gasteiger partial charge in [0.2, 0.25) is 11.0 Å². The molecule has 0 aliphatic heterocycles. The van der Waals surface area contributed by atoms with E-state index in [-0.39, 0.29) is 17.9 Å². The molecule has 3 N–H and O–H groups in total. The third-order valence-corrected chi connectivity index (χ3v) is 4.23. The number of nitrogens with zero attached hydrogens (tertiary/aromatic N) is 2. The number of carbonyl (C=O) groups excluding carboxylic acids is 1. The molecule has 1 aromatic rings. The lowest BCUT2D eigenvalue weighted by Gasteiger charge is -2.16. The number of carbonyl (C=O) groups is 1. The molecule has 6 heteroatoms.